The highest BCUT2D eigenvalue weighted by Crippen LogP contribution is 2.36. The van der Waals surface area contributed by atoms with Crippen LogP contribution >= 0.6 is 11.3 Å². The summed E-state index contributed by atoms with van der Waals surface area (Å²) in [6, 6.07) is 13.1. The van der Waals surface area contributed by atoms with Gasteiger partial charge in [-0.05, 0) is 34.5 Å². The molecule has 4 aromatic rings. The van der Waals surface area contributed by atoms with Crippen LogP contribution in [0.3, 0.4) is 0 Å². The average molecular weight is 395 g/mol. The third-order valence-electron chi connectivity index (χ3n) is 4.27. The minimum atomic E-state index is -0.451. The molecule has 1 N–H and O–H groups in total. The minimum absolute atomic E-state index is 0.144. The number of para-hydroxylation sites is 1. The van der Waals surface area contributed by atoms with E-state index in [1.807, 2.05) is 47.2 Å². The maximum atomic E-state index is 12.2. The molecule has 1 amide bonds. The quantitative estimate of drug-likeness (QED) is 0.490. The maximum absolute atomic E-state index is 12.2. The van der Waals surface area contributed by atoms with Gasteiger partial charge in [-0.1, -0.05) is 18.2 Å². The summed E-state index contributed by atoms with van der Waals surface area (Å²) in [6.45, 7) is -0.371. The van der Waals surface area contributed by atoms with E-state index in [0.717, 1.165) is 21.9 Å². The number of carbonyl (C=O) groups excluding carboxylic acids is 2. The molecule has 142 valence electrons. The molecule has 0 fully saturated rings. The smallest absolute Gasteiger partial charge is 0.310 e. The van der Waals surface area contributed by atoms with Crippen molar-refractivity contribution in [1.82, 2.24) is 0 Å². The third kappa shape index (κ3) is 3.70. The Bertz CT molecular complexity index is 1150. The summed E-state index contributed by atoms with van der Waals surface area (Å²) in [7, 11) is 1.53. The van der Waals surface area contributed by atoms with E-state index in [-0.39, 0.29) is 13.0 Å². The Hall–Kier alpha value is -3.32. The van der Waals surface area contributed by atoms with E-state index in [4.69, 9.17) is 13.9 Å². The minimum Gasteiger partial charge on any atom is -0.495 e. The lowest BCUT2D eigenvalue weighted by atomic mass is 10.1. The summed E-state index contributed by atoms with van der Waals surface area (Å²) in [4.78, 5) is 24.1. The van der Waals surface area contributed by atoms with Crippen LogP contribution in [0.25, 0.3) is 21.9 Å². The summed E-state index contributed by atoms with van der Waals surface area (Å²) in [5, 5.41) is 8.33. The fourth-order valence-corrected chi connectivity index (χ4v) is 3.63. The number of carbonyl (C=O) groups is 2. The molecule has 0 radical (unpaired) electrons. The van der Waals surface area contributed by atoms with Crippen LogP contribution in [0, 0.1) is 0 Å². The number of furan rings is 1. The van der Waals surface area contributed by atoms with Gasteiger partial charge < -0.3 is 19.2 Å². The van der Waals surface area contributed by atoms with Crippen LogP contribution in [0.2, 0.25) is 0 Å². The Morgan fingerprint density at radius 3 is 2.75 bits per heavy atom. The molecule has 0 bridgehead atoms. The summed E-state index contributed by atoms with van der Waals surface area (Å²) >= 11 is 1.50. The number of amides is 1. The first-order valence-corrected chi connectivity index (χ1v) is 9.54. The van der Waals surface area contributed by atoms with Gasteiger partial charge in [0.25, 0.3) is 5.91 Å². The van der Waals surface area contributed by atoms with Gasteiger partial charge in [0.2, 0.25) is 0 Å². The number of thiophene rings is 1. The van der Waals surface area contributed by atoms with Crippen LogP contribution < -0.4 is 10.1 Å². The van der Waals surface area contributed by atoms with Crippen LogP contribution in [0.5, 0.6) is 5.75 Å². The Morgan fingerprint density at radius 2 is 1.96 bits per heavy atom. The second-order valence-electron chi connectivity index (χ2n) is 6.16. The molecular formula is C21H17NO5S. The molecular weight excluding hydrogens is 378 g/mol. The highest BCUT2D eigenvalue weighted by atomic mass is 32.1. The van der Waals surface area contributed by atoms with Crippen LogP contribution in [0.15, 0.2) is 57.6 Å². The first kappa shape index (κ1) is 18.1. The molecule has 28 heavy (non-hydrogen) atoms. The number of ether oxygens (including phenoxy) is 2. The zero-order chi connectivity index (χ0) is 19.5. The largest absolute Gasteiger partial charge is 0.495 e. The molecule has 0 aliphatic rings. The zero-order valence-corrected chi connectivity index (χ0v) is 15.9. The van der Waals surface area contributed by atoms with E-state index >= 15 is 0 Å². The number of fused-ring (bicyclic) bond motifs is 3. The van der Waals surface area contributed by atoms with Gasteiger partial charge in [0.15, 0.2) is 6.61 Å². The van der Waals surface area contributed by atoms with Crippen molar-refractivity contribution in [3.8, 4) is 5.75 Å². The van der Waals surface area contributed by atoms with Crippen molar-refractivity contribution in [3.05, 3.63) is 58.8 Å². The van der Waals surface area contributed by atoms with Crippen molar-refractivity contribution in [1.29, 1.82) is 0 Å². The standard InChI is InChI=1S/C21H17NO5S/c1-25-19-9-15-14-4-2-3-5-17(14)27-18(15)10-16(19)22-20(23)11-26-21(24)8-13-6-7-28-12-13/h2-7,9-10,12H,8,11H2,1H3,(H,22,23). The van der Waals surface area contributed by atoms with E-state index in [0.29, 0.717) is 17.0 Å². The van der Waals surface area contributed by atoms with Crippen LogP contribution in [0.4, 0.5) is 5.69 Å². The predicted octanol–water partition coefficient (Wildman–Crippen LogP) is 4.38. The number of nitrogens with one attached hydrogen (secondary N) is 1. The van der Waals surface area contributed by atoms with E-state index in [1.165, 1.54) is 18.4 Å². The number of benzene rings is 2. The van der Waals surface area contributed by atoms with E-state index in [1.54, 1.807) is 6.07 Å². The molecule has 0 spiro atoms. The molecule has 0 unspecified atom stereocenters. The number of methoxy groups -OCH3 is 1. The first-order valence-electron chi connectivity index (χ1n) is 8.60. The molecule has 0 aliphatic heterocycles. The molecule has 4 rings (SSSR count). The first-order chi connectivity index (χ1) is 13.6. The molecule has 2 aromatic heterocycles. The highest BCUT2D eigenvalue weighted by Gasteiger charge is 2.15. The Morgan fingerprint density at radius 1 is 1.11 bits per heavy atom. The van der Waals surface area contributed by atoms with E-state index in [9.17, 15) is 9.59 Å². The topological polar surface area (TPSA) is 77.8 Å². The number of hydrogen-bond acceptors (Lipinski definition) is 6. The second-order valence-corrected chi connectivity index (χ2v) is 6.94. The highest BCUT2D eigenvalue weighted by molar-refractivity contribution is 7.08. The molecule has 2 aromatic carbocycles. The number of hydrogen-bond donors (Lipinski definition) is 1. The monoisotopic (exact) mass is 395 g/mol. The van der Waals surface area contributed by atoms with E-state index < -0.39 is 11.9 Å². The van der Waals surface area contributed by atoms with Crippen molar-refractivity contribution in [2.75, 3.05) is 19.0 Å². The number of rotatable bonds is 6. The number of anilines is 1. The maximum Gasteiger partial charge on any atom is 0.310 e. The van der Waals surface area contributed by atoms with Gasteiger partial charge in [0, 0.05) is 16.8 Å². The fourth-order valence-electron chi connectivity index (χ4n) is 2.96. The summed E-state index contributed by atoms with van der Waals surface area (Å²) in [5.41, 5.74) is 2.71. The molecule has 0 atom stereocenters. The SMILES string of the molecule is COc1cc2c(cc1NC(=O)COC(=O)Cc1ccsc1)oc1ccccc12. The van der Waals surface area contributed by atoms with Gasteiger partial charge in [-0.2, -0.15) is 11.3 Å². The zero-order valence-electron chi connectivity index (χ0n) is 15.1. The van der Waals surface area contributed by atoms with Gasteiger partial charge in [0.1, 0.15) is 16.9 Å². The predicted molar refractivity (Wildman–Crippen MR) is 108 cm³/mol. The van der Waals surface area contributed by atoms with Crippen molar-refractivity contribution >= 4 is 50.8 Å². The van der Waals surface area contributed by atoms with Crippen molar-refractivity contribution in [2.24, 2.45) is 0 Å². The van der Waals surface area contributed by atoms with Crippen molar-refractivity contribution in [2.45, 2.75) is 6.42 Å². The summed E-state index contributed by atoms with van der Waals surface area (Å²) in [5.74, 6) is -0.405. The lowest BCUT2D eigenvalue weighted by Crippen LogP contribution is -2.21. The summed E-state index contributed by atoms with van der Waals surface area (Å²) < 4.78 is 16.3. The molecule has 2 heterocycles. The van der Waals surface area contributed by atoms with Crippen molar-refractivity contribution in [3.63, 3.8) is 0 Å². The van der Waals surface area contributed by atoms with Crippen LogP contribution in [-0.2, 0) is 20.7 Å². The molecule has 0 saturated heterocycles. The second kappa shape index (κ2) is 7.74. The Labute approximate surface area is 164 Å². The lowest BCUT2D eigenvalue weighted by molar-refractivity contribution is -0.146. The van der Waals surface area contributed by atoms with Gasteiger partial charge >= 0.3 is 5.97 Å². The van der Waals surface area contributed by atoms with E-state index in [2.05, 4.69) is 5.32 Å². The average Bonchev–Trinajstić information content (AvgIpc) is 3.32. The fraction of sp³-hybridized carbons (Fsp3) is 0.143. The molecule has 0 aliphatic carbocycles. The van der Waals surface area contributed by atoms with Crippen LogP contribution in [-0.4, -0.2) is 25.6 Å². The molecule has 7 heteroatoms. The van der Waals surface area contributed by atoms with Crippen molar-refractivity contribution < 1.29 is 23.5 Å². The molecule has 6 nitrogen and oxygen atoms in total. The normalized spacial score (nSPS) is 10.9. The van der Waals surface area contributed by atoms with Gasteiger partial charge in [-0.25, -0.2) is 0 Å². The summed E-state index contributed by atoms with van der Waals surface area (Å²) in [6.07, 6.45) is 0.144. The van der Waals surface area contributed by atoms with Gasteiger partial charge in [0.05, 0.1) is 19.2 Å². The van der Waals surface area contributed by atoms with Crippen LogP contribution in [0.1, 0.15) is 5.56 Å². The molecule has 0 saturated carbocycles. The lowest BCUT2D eigenvalue weighted by Gasteiger charge is -2.10. The Kier molecular flexibility index (Phi) is 4.99. The van der Waals surface area contributed by atoms with Gasteiger partial charge in [-0.15, -0.1) is 0 Å². The van der Waals surface area contributed by atoms with Gasteiger partial charge in [-0.3, -0.25) is 9.59 Å². The third-order valence-corrected chi connectivity index (χ3v) is 5.00. The Balaban J connectivity index is 1.48. The number of esters is 1.